The number of carbonyl (C=O) groups is 2. The Kier molecular flexibility index (Phi) is 6.59. The van der Waals surface area contributed by atoms with Crippen LogP contribution in [0.4, 0.5) is 5.69 Å². The molecule has 23 heavy (non-hydrogen) atoms. The standard InChI is InChI=1S/C17H22ClN3O2/c1-12-14(18)8-5-9-15(12)19-16(22)10-11-17(23)21-20-13-6-3-2-4-7-13/h5,8-9H,2-4,6-7,10-11H2,1H3,(H,19,22)(H,21,23). The van der Waals surface area contributed by atoms with Gasteiger partial charge in [-0.05, 0) is 50.3 Å². The fourth-order valence-corrected chi connectivity index (χ4v) is 2.63. The second-order valence-corrected chi connectivity index (χ2v) is 6.14. The van der Waals surface area contributed by atoms with E-state index in [-0.39, 0.29) is 24.7 Å². The van der Waals surface area contributed by atoms with E-state index in [1.807, 2.05) is 6.92 Å². The number of hydrogen-bond donors (Lipinski definition) is 2. The fourth-order valence-electron chi connectivity index (χ4n) is 2.45. The topological polar surface area (TPSA) is 70.6 Å². The predicted molar refractivity (Wildman–Crippen MR) is 92.7 cm³/mol. The molecule has 0 unspecified atom stereocenters. The zero-order valence-corrected chi connectivity index (χ0v) is 14.1. The molecule has 0 heterocycles. The van der Waals surface area contributed by atoms with Crippen LogP contribution in [0.3, 0.4) is 0 Å². The molecule has 0 bridgehead atoms. The molecule has 1 fully saturated rings. The van der Waals surface area contributed by atoms with Gasteiger partial charge >= 0.3 is 0 Å². The highest BCUT2D eigenvalue weighted by atomic mass is 35.5. The monoisotopic (exact) mass is 335 g/mol. The molecule has 1 aliphatic rings. The van der Waals surface area contributed by atoms with Crippen molar-refractivity contribution in [2.45, 2.75) is 51.9 Å². The summed E-state index contributed by atoms with van der Waals surface area (Å²) in [6.45, 7) is 1.84. The van der Waals surface area contributed by atoms with Crippen molar-refractivity contribution in [2.24, 2.45) is 5.10 Å². The van der Waals surface area contributed by atoms with Gasteiger partial charge in [0.25, 0.3) is 0 Å². The van der Waals surface area contributed by atoms with Crippen LogP contribution in [0.15, 0.2) is 23.3 Å². The maximum absolute atomic E-state index is 11.9. The first-order valence-corrected chi connectivity index (χ1v) is 8.33. The molecule has 0 saturated heterocycles. The van der Waals surface area contributed by atoms with Crippen LogP contribution in [-0.2, 0) is 9.59 Å². The van der Waals surface area contributed by atoms with Crippen LogP contribution in [0.25, 0.3) is 0 Å². The van der Waals surface area contributed by atoms with Crippen molar-refractivity contribution in [1.29, 1.82) is 0 Å². The molecule has 1 saturated carbocycles. The molecule has 5 nitrogen and oxygen atoms in total. The highest BCUT2D eigenvalue weighted by Crippen LogP contribution is 2.23. The van der Waals surface area contributed by atoms with Crippen molar-refractivity contribution in [3.63, 3.8) is 0 Å². The van der Waals surface area contributed by atoms with Gasteiger partial charge in [-0.3, -0.25) is 9.59 Å². The number of benzene rings is 1. The fraction of sp³-hybridized carbons (Fsp3) is 0.471. The van der Waals surface area contributed by atoms with Crippen molar-refractivity contribution in [2.75, 3.05) is 5.32 Å². The first-order valence-electron chi connectivity index (χ1n) is 7.95. The number of carbonyl (C=O) groups excluding carboxylic acids is 2. The van der Waals surface area contributed by atoms with Crippen LogP contribution in [0.5, 0.6) is 0 Å². The van der Waals surface area contributed by atoms with Crippen molar-refractivity contribution in [1.82, 2.24) is 5.43 Å². The highest BCUT2D eigenvalue weighted by Gasteiger charge is 2.10. The zero-order valence-electron chi connectivity index (χ0n) is 13.3. The lowest BCUT2D eigenvalue weighted by Crippen LogP contribution is -2.22. The second kappa shape index (κ2) is 8.67. The van der Waals surface area contributed by atoms with Gasteiger partial charge in [-0.15, -0.1) is 0 Å². The van der Waals surface area contributed by atoms with E-state index >= 15 is 0 Å². The Balaban J connectivity index is 1.75. The normalized spacial score (nSPS) is 14.3. The van der Waals surface area contributed by atoms with E-state index in [9.17, 15) is 9.59 Å². The molecule has 124 valence electrons. The molecule has 0 spiro atoms. The van der Waals surface area contributed by atoms with Crippen LogP contribution in [0.1, 0.15) is 50.5 Å². The Morgan fingerprint density at radius 1 is 1.13 bits per heavy atom. The van der Waals surface area contributed by atoms with Crippen molar-refractivity contribution in [3.05, 3.63) is 28.8 Å². The van der Waals surface area contributed by atoms with E-state index in [4.69, 9.17) is 11.6 Å². The van der Waals surface area contributed by atoms with E-state index in [1.54, 1.807) is 18.2 Å². The number of rotatable bonds is 5. The summed E-state index contributed by atoms with van der Waals surface area (Å²) < 4.78 is 0. The van der Waals surface area contributed by atoms with Gasteiger partial charge in [0.2, 0.25) is 11.8 Å². The third-order valence-electron chi connectivity index (χ3n) is 3.89. The molecule has 0 atom stereocenters. The molecule has 1 aromatic carbocycles. The molecule has 1 aromatic rings. The molecule has 0 radical (unpaired) electrons. The molecule has 6 heteroatoms. The minimum atomic E-state index is -0.235. The van der Waals surface area contributed by atoms with Crippen LogP contribution >= 0.6 is 11.6 Å². The van der Waals surface area contributed by atoms with Crippen LogP contribution in [-0.4, -0.2) is 17.5 Å². The quantitative estimate of drug-likeness (QED) is 0.803. The Labute approximate surface area is 141 Å². The summed E-state index contributed by atoms with van der Waals surface area (Å²) in [6, 6.07) is 5.33. The third kappa shape index (κ3) is 5.67. The summed E-state index contributed by atoms with van der Waals surface area (Å²) in [4.78, 5) is 23.7. The van der Waals surface area contributed by atoms with E-state index < -0.39 is 0 Å². The van der Waals surface area contributed by atoms with E-state index in [0.717, 1.165) is 37.0 Å². The van der Waals surface area contributed by atoms with Gasteiger partial charge in [0.15, 0.2) is 0 Å². The molecule has 2 N–H and O–H groups in total. The summed E-state index contributed by atoms with van der Waals surface area (Å²) in [7, 11) is 0. The lowest BCUT2D eigenvalue weighted by Gasteiger charge is -2.12. The number of amides is 2. The number of anilines is 1. The van der Waals surface area contributed by atoms with Gasteiger partial charge in [0.05, 0.1) is 0 Å². The Morgan fingerprint density at radius 3 is 2.57 bits per heavy atom. The maximum Gasteiger partial charge on any atom is 0.240 e. The van der Waals surface area contributed by atoms with Crippen LogP contribution < -0.4 is 10.7 Å². The lowest BCUT2D eigenvalue weighted by atomic mass is 9.99. The third-order valence-corrected chi connectivity index (χ3v) is 4.30. The van der Waals surface area contributed by atoms with E-state index in [1.165, 1.54) is 6.42 Å². The van der Waals surface area contributed by atoms with Crippen molar-refractivity contribution < 1.29 is 9.59 Å². The lowest BCUT2D eigenvalue weighted by molar-refractivity contribution is -0.124. The number of hydrogen-bond acceptors (Lipinski definition) is 3. The molecule has 0 aliphatic heterocycles. The van der Waals surface area contributed by atoms with Gasteiger partial charge in [0.1, 0.15) is 0 Å². The summed E-state index contributed by atoms with van der Waals surface area (Å²) in [5.41, 5.74) is 5.07. The smallest absolute Gasteiger partial charge is 0.240 e. The summed E-state index contributed by atoms with van der Waals surface area (Å²) in [5, 5.41) is 7.51. The van der Waals surface area contributed by atoms with E-state index in [0.29, 0.717) is 10.7 Å². The SMILES string of the molecule is Cc1c(Cl)cccc1NC(=O)CCC(=O)NN=C1CCCCC1. The molecule has 0 aromatic heterocycles. The highest BCUT2D eigenvalue weighted by molar-refractivity contribution is 6.31. The molecular formula is C17H22ClN3O2. The van der Waals surface area contributed by atoms with Crippen LogP contribution in [0, 0.1) is 6.92 Å². The van der Waals surface area contributed by atoms with Crippen LogP contribution in [0.2, 0.25) is 5.02 Å². The van der Waals surface area contributed by atoms with Gasteiger partial charge in [0, 0.05) is 29.3 Å². The average Bonchev–Trinajstić information content (AvgIpc) is 2.56. The first kappa shape index (κ1) is 17.5. The first-order chi connectivity index (χ1) is 11.1. The molecular weight excluding hydrogens is 314 g/mol. The summed E-state index contributed by atoms with van der Waals surface area (Å²) in [6.07, 6.45) is 5.64. The molecule has 2 amide bonds. The Morgan fingerprint density at radius 2 is 1.83 bits per heavy atom. The predicted octanol–water partition coefficient (Wildman–Crippen LogP) is 3.80. The zero-order chi connectivity index (χ0) is 16.7. The van der Waals surface area contributed by atoms with Gasteiger partial charge in [-0.25, -0.2) is 5.43 Å². The summed E-state index contributed by atoms with van der Waals surface area (Å²) in [5.74, 6) is -0.447. The van der Waals surface area contributed by atoms with Gasteiger partial charge in [-0.1, -0.05) is 24.1 Å². The maximum atomic E-state index is 11.9. The Hall–Kier alpha value is -1.88. The minimum absolute atomic E-state index is 0.113. The minimum Gasteiger partial charge on any atom is -0.326 e. The van der Waals surface area contributed by atoms with Gasteiger partial charge < -0.3 is 5.32 Å². The number of halogens is 1. The molecule has 1 aliphatic carbocycles. The summed E-state index contributed by atoms with van der Waals surface area (Å²) >= 11 is 6.01. The molecule has 2 rings (SSSR count). The van der Waals surface area contributed by atoms with E-state index in [2.05, 4.69) is 15.8 Å². The largest absolute Gasteiger partial charge is 0.326 e. The average molecular weight is 336 g/mol. The van der Waals surface area contributed by atoms with Crippen molar-refractivity contribution in [3.8, 4) is 0 Å². The number of nitrogens with one attached hydrogen (secondary N) is 2. The number of nitrogens with zero attached hydrogens (tertiary/aromatic N) is 1. The number of hydrazone groups is 1. The second-order valence-electron chi connectivity index (χ2n) is 5.73. The Bertz CT molecular complexity index is 606. The van der Waals surface area contributed by atoms with Gasteiger partial charge in [-0.2, -0.15) is 5.10 Å². The van der Waals surface area contributed by atoms with Crippen molar-refractivity contribution >= 4 is 34.8 Å².